The monoisotopic (exact) mass is 187 g/mol. The molecule has 0 aromatic rings. The minimum atomic E-state index is 0.378. The van der Waals surface area contributed by atoms with Gasteiger partial charge in [0.15, 0.2) is 0 Å². The highest BCUT2D eigenvalue weighted by molar-refractivity contribution is 4.51. The molecule has 0 aliphatic carbocycles. The molecule has 0 radical (unpaired) electrons. The van der Waals surface area contributed by atoms with Gasteiger partial charge in [0, 0.05) is 6.61 Å². The summed E-state index contributed by atoms with van der Waals surface area (Å²) in [4.78, 5) is 0. The minimum absolute atomic E-state index is 0.378. The van der Waals surface area contributed by atoms with E-state index in [4.69, 9.17) is 4.74 Å². The first-order valence-electron chi connectivity index (χ1n) is 5.45. The largest absolute Gasteiger partial charge is 0.379 e. The van der Waals surface area contributed by atoms with Crippen molar-refractivity contribution in [3.8, 4) is 0 Å². The van der Waals surface area contributed by atoms with Crippen LogP contribution in [0.4, 0.5) is 0 Å². The van der Waals surface area contributed by atoms with Gasteiger partial charge in [0.25, 0.3) is 0 Å². The Morgan fingerprint density at radius 3 is 2.31 bits per heavy atom. The molecule has 13 heavy (non-hydrogen) atoms. The summed E-state index contributed by atoms with van der Waals surface area (Å²) in [6.45, 7) is 11.8. The molecule has 2 heteroatoms. The number of unbranched alkanes of at least 4 members (excludes halogenated alkanes) is 1. The van der Waals surface area contributed by atoms with Gasteiger partial charge in [-0.2, -0.15) is 0 Å². The number of rotatable bonds is 8. The van der Waals surface area contributed by atoms with Crippen LogP contribution >= 0.6 is 0 Å². The zero-order valence-electron chi connectivity index (χ0n) is 9.60. The highest BCUT2D eigenvalue weighted by atomic mass is 16.5. The maximum Gasteiger partial charge on any atom is 0.0518 e. The zero-order valence-corrected chi connectivity index (χ0v) is 9.60. The molecule has 0 atom stereocenters. The topological polar surface area (TPSA) is 21.3 Å². The van der Waals surface area contributed by atoms with Crippen molar-refractivity contribution in [3.63, 3.8) is 0 Å². The molecule has 1 N–H and O–H groups in total. The quantitative estimate of drug-likeness (QED) is 0.589. The van der Waals surface area contributed by atoms with Crippen LogP contribution in [0.1, 0.15) is 40.5 Å². The highest BCUT2D eigenvalue weighted by Crippen LogP contribution is 1.94. The third kappa shape index (κ3) is 11.9. The summed E-state index contributed by atoms with van der Waals surface area (Å²) >= 11 is 0. The van der Waals surface area contributed by atoms with Crippen LogP contribution in [0, 0.1) is 5.92 Å². The predicted octanol–water partition coefficient (Wildman–Crippen LogP) is 2.44. The van der Waals surface area contributed by atoms with Crippen molar-refractivity contribution in [1.29, 1.82) is 0 Å². The smallest absolute Gasteiger partial charge is 0.0518 e. The molecule has 2 nitrogen and oxygen atoms in total. The van der Waals surface area contributed by atoms with E-state index >= 15 is 0 Å². The lowest BCUT2D eigenvalue weighted by Crippen LogP contribution is -2.21. The van der Waals surface area contributed by atoms with Crippen LogP contribution in [0.2, 0.25) is 0 Å². The van der Waals surface area contributed by atoms with Gasteiger partial charge in [0.1, 0.15) is 0 Å². The van der Waals surface area contributed by atoms with Crippen molar-refractivity contribution in [2.75, 3.05) is 19.7 Å². The Morgan fingerprint density at radius 2 is 1.77 bits per heavy atom. The summed E-state index contributed by atoms with van der Waals surface area (Å²) in [5, 5.41) is 3.42. The Labute approximate surface area is 83.1 Å². The normalized spacial score (nSPS) is 11.5. The average Bonchev–Trinajstić information content (AvgIpc) is 2.01. The summed E-state index contributed by atoms with van der Waals surface area (Å²) in [5.74, 6) is 0.756. The van der Waals surface area contributed by atoms with Crippen LogP contribution in [0.3, 0.4) is 0 Å². The van der Waals surface area contributed by atoms with Crippen LogP contribution < -0.4 is 5.32 Å². The first-order valence-corrected chi connectivity index (χ1v) is 5.45. The van der Waals surface area contributed by atoms with Crippen molar-refractivity contribution in [1.82, 2.24) is 5.32 Å². The van der Waals surface area contributed by atoms with Crippen molar-refractivity contribution in [3.05, 3.63) is 0 Å². The van der Waals surface area contributed by atoms with E-state index in [0.29, 0.717) is 6.10 Å². The van der Waals surface area contributed by atoms with Crippen molar-refractivity contribution >= 4 is 0 Å². The van der Waals surface area contributed by atoms with Crippen LogP contribution in [0.25, 0.3) is 0 Å². The zero-order chi connectivity index (χ0) is 10.1. The van der Waals surface area contributed by atoms with E-state index in [1.165, 1.54) is 12.8 Å². The van der Waals surface area contributed by atoms with Crippen LogP contribution in [-0.2, 0) is 4.74 Å². The minimum Gasteiger partial charge on any atom is -0.379 e. The second kappa shape index (κ2) is 8.52. The molecule has 0 aromatic carbocycles. The van der Waals surface area contributed by atoms with E-state index in [1.54, 1.807) is 0 Å². The fraction of sp³-hybridized carbons (Fsp3) is 1.00. The van der Waals surface area contributed by atoms with E-state index in [-0.39, 0.29) is 0 Å². The van der Waals surface area contributed by atoms with Crippen molar-refractivity contribution in [2.45, 2.75) is 46.6 Å². The van der Waals surface area contributed by atoms with Crippen molar-refractivity contribution in [2.24, 2.45) is 5.92 Å². The Hall–Kier alpha value is -0.0800. The third-order valence-corrected chi connectivity index (χ3v) is 1.75. The lowest BCUT2D eigenvalue weighted by molar-refractivity contribution is 0.0760. The fourth-order valence-electron chi connectivity index (χ4n) is 1.06. The lowest BCUT2D eigenvalue weighted by atomic mass is 10.2. The maximum absolute atomic E-state index is 5.44. The summed E-state index contributed by atoms with van der Waals surface area (Å²) < 4.78 is 5.44. The van der Waals surface area contributed by atoms with Gasteiger partial charge in [-0.15, -0.1) is 0 Å². The number of nitrogens with one attached hydrogen (secondary N) is 1. The van der Waals surface area contributed by atoms with Gasteiger partial charge < -0.3 is 10.1 Å². The molecular formula is C11H25NO. The van der Waals surface area contributed by atoms with Gasteiger partial charge in [-0.05, 0) is 45.7 Å². The fourth-order valence-corrected chi connectivity index (χ4v) is 1.06. The molecule has 0 fully saturated rings. The summed E-state index contributed by atoms with van der Waals surface area (Å²) in [6, 6.07) is 0. The van der Waals surface area contributed by atoms with Gasteiger partial charge in [-0.25, -0.2) is 0 Å². The van der Waals surface area contributed by atoms with E-state index in [1.807, 2.05) is 0 Å². The molecule has 0 aliphatic heterocycles. The Bertz CT molecular complexity index is 90.3. The number of ether oxygens (including phenoxy) is 1. The van der Waals surface area contributed by atoms with Crippen LogP contribution in [0.5, 0.6) is 0 Å². The molecule has 0 heterocycles. The molecule has 0 aromatic heterocycles. The van der Waals surface area contributed by atoms with E-state index in [0.717, 1.165) is 25.6 Å². The van der Waals surface area contributed by atoms with E-state index < -0.39 is 0 Å². The molecule has 0 bridgehead atoms. The second-order valence-electron chi connectivity index (χ2n) is 4.22. The molecule has 0 spiro atoms. The van der Waals surface area contributed by atoms with Gasteiger partial charge in [0.05, 0.1) is 6.10 Å². The van der Waals surface area contributed by atoms with E-state index in [9.17, 15) is 0 Å². The Balaban J connectivity index is 2.92. The molecule has 0 aliphatic rings. The van der Waals surface area contributed by atoms with Gasteiger partial charge in [0.2, 0.25) is 0 Å². The van der Waals surface area contributed by atoms with Gasteiger partial charge in [-0.3, -0.25) is 0 Å². The summed E-state index contributed by atoms with van der Waals surface area (Å²) in [6.07, 6.45) is 2.77. The number of hydrogen-bond acceptors (Lipinski definition) is 2. The second-order valence-corrected chi connectivity index (χ2v) is 4.22. The Kier molecular flexibility index (Phi) is 8.46. The van der Waals surface area contributed by atoms with Crippen molar-refractivity contribution < 1.29 is 4.74 Å². The predicted molar refractivity (Wildman–Crippen MR) is 58.0 cm³/mol. The molecule has 0 amide bonds. The van der Waals surface area contributed by atoms with Gasteiger partial charge in [-0.1, -0.05) is 13.8 Å². The van der Waals surface area contributed by atoms with Crippen LogP contribution in [-0.4, -0.2) is 25.8 Å². The van der Waals surface area contributed by atoms with Gasteiger partial charge >= 0.3 is 0 Å². The maximum atomic E-state index is 5.44. The summed E-state index contributed by atoms with van der Waals surface area (Å²) in [5.41, 5.74) is 0. The standard InChI is InChI=1S/C11H25NO/c1-10(2)9-12-7-5-6-8-13-11(3)4/h10-12H,5-9H2,1-4H3. The number of hydrogen-bond donors (Lipinski definition) is 1. The lowest BCUT2D eigenvalue weighted by Gasteiger charge is -2.08. The molecule has 0 unspecified atom stereocenters. The first-order chi connectivity index (χ1) is 6.13. The Morgan fingerprint density at radius 1 is 1.08 bits per heavy atom. The molecule has 0 saturated heterocycles. The first kappa shape index (κ1) is 12.9. The van der Waals surface area contributed by atoms with Crippen LogP contribution in [0.15, 0.2) is 0 Å². The highest BCUT2D eigenvalue weighted by Gasteiger charge is 1.94. The molecular weight excluding hydrogens is 162 g/mol. The molecule has 80 valence electrons. The SMILES string of the molecule is CC(C)CNCCCCOC(C)C. The third-order valence-electron chi connectivity index (χ3n) is 1.75. The molecule has 0 saturated carbocycles. The molecule has 0 rings (SSSR count). The average molecular weight is 187 g/mol. The van der Waals surface area contributed by atoms with E-state index in [2.05, 4.69) is 33.0 Å². The summed E-state index contributed by atoms with van der Waals surface area (Å²) in [7, 11) is 0.